The average molecular weight is 519 g/mol. The quantitative estimate of drug-likeness (QED) is 0.188. The van der Waals surface area contributed by atoms with Crippen LogP contribution >= 0.6 is 7.82 Å². The third kappa shape index (κ3) is 9.71. The van der Waals surface area contributed by atoms with Crippen LogP contribution in [0, 0.1) is 0 Å². The predicted octanol–water partition coefficient (Wildman–Crippen LogP) is 3.79. The number of phosphoric ester groups is 1. The van der Waals surface area contributed by atoms with E-state index in [1.165, 1.54) is 0 Å². The van der Waals surface area contributed by atoms with Crippen molar-refractivity contribution < 1.29 is 63.8 Å². The minimum atomic E-state index is -5.78. The van der Waals surface area contributed by atoms with Crippen molar-refractivity contribution in [3.8, 4) is 5.75 Å². The molecule has 0 amide bonds. The number of alkyl halides is 8. The van der Waals surface area contributed by atoms with Gasteiger partial charge in [-0.1, -0.05) is 6.07 Å². The highest BCUT2D eigenvalue weighted by Gasteiger charge is 2.56. The van der Waals surface area contributed by atoms with E-state index >= 15 is 0 Å². The molecule has 33 heavy (non-hydrogen) atoms. The minimum Gasteiger partial charge on any atom is -0.493 e. The molecule has 1 unspecified atom stereocenters. The fraction of sp³-hybridized carbons (Fsp3) is 0.647. The van der Waals surface area contributed by atoms with Crippen LogP contribution in [0.1, 0.15) is 30.4 Å². The first-order chi connectivity index (χ1) is 14.8. The topological polar surface area (TPSA) is 122 Å². The Labute approximate surface area is 182 Å². The molecule has 0 radical (unpaired) electrons. The summed E-state index contributed by atoms with van der Waals surface area (Å²) in [6.45, 7) is -2.42. The molecule has 0 aliphatic heterocycles. The van der Waals surface area contributed by atoms with Crippen molar-refractivity contribution in [3.63, 3.8) is 0 Å². The standard InChI is InChI=1S/C17H22F8NO6P/c18-15(19,17(23,24)25)5-1-7-31-13-3-2-11(8-12(13)16(20,21)22)4-6-14(26,9-27)10-32-33(28,29)30/h2-3,8,27H,1,4-7,9-10,26H2,(H2,28,29,30). The summed E-state index contributed by atoms with van der Waals surface area (Å²) in [5.74, 6) is -5.79. The molecule has 0 heterocycles. The lowest BCUT2D eigenvalue weighted by Crippen LogP contribution is -2.48. The van der Waals surface area contributed by atoms with Gasteiger partial charge in [-0.25, -0.2) is 4.57 Å². The minimum absolute atomic E-state index is 0.0257. The molecule has 0 spiro atoms. The fourth-order valence-electron chi connectivity index (χ4n) is 2.50. The molecular formula is C17H22F8NO6P. The highest BCUT2D eigenvalue weighted by atomic mass is 31.2. The van der Waals surface area contributed by atoms with E-state index in [2.05, 4.69) is 4.52 Å². The van der Waals surface area contributed by atoms with E-state index in [9.17, 15) is 44.8 Å². The molecule has 16 heteroatoms. The number of hydrogen-bond donors (Lipinski definition) is 4. The van der Waals surface area contributed by atoms with Crippen LogP contribution in [0.4, 0.5) is 35.1 Å². The van der Waals surface area contributed by atoms with E-state index in [0.29, 0.717) is 6.07 Å². The van der Waals surface area contributed by atoms with Crippen LogP contribution in [-0.4, -0.2) is 52.4 Å². The van der Waals surface area contributed by atoms with E-state index in [1.54, 1.807) is 0 Å². The van der Waals surface area contributed by atoms with Crippen LogP contribution in [0.3, 0.4) is 0 Å². The summed E-state index contributed by atoms with van der Waals surface area (Å²) in [6, 6.07) is 2.64. The van der Waals surface area contributed by atoms with E-state index < -0.39 is 75.6 Å². The summed E-state index contributed by atoms with van der Waals surface area (Å²) < 4.78 is 122. The predicted molar refractivity (Wildman–Crippen MR) is 97.5 cm³/mol. The molecule has 0 aromatic heterocycles. The van der Waals surface area contributed by atoms with Gasteiger partial charge in [0.1, 0.15) is 5.75 Å². The highest BCUT2D eigenvalue weighted by Crippen LogP contribution is 2.40. The smallest absolute Gasteiger partial charge is 0.469 e. The van der Waals surface area contributed by atoms with E-state index in [1.807, 2.05) is 0 Å². The number of benzene rings is 1. The zero-order valence-corrected chi connectivity index (χ0v) is 17.7. The molecular weight excluding hydrogens is 497 g/mol. The average Bonchev–Trinajstić information content (AvgIpc) is 2.66. The fourth-order valence-corrected chi connectivity index (χ4v) is 2.93. The van der Waals surface area contributed by atoms with Gasteiger partial charge in [-0.05, 0) is 37.0 Å². The first kappa shape index (κ1) is 29.5. The van der Waals surface area contributed by atoms with Crippen LogP contribution in [0.25, 0.3) is 0 Å². The molecule has 1 aromatic rings. The van der Waals surface area contributed by atoms with Crippen LogP contribution < -0.4 is 10.5 Å². The third-order valence-corrected chi connectivity index (χ3v) is 4.87. The Morgan fingerprint density at radius 1 is 1.00 bits per heavy atom. The second-order valence-corrected chi connectivity index (χ2v) is 8.51. The Hall–Kier alpha value is -1.51. The van der Waals surface area contributed by atoms with Crippen molar-refractivity contribution in [1.29, 1.82) is 0 Å². The van der Waals surface area contributed by atoms with Gasteiger partial charge in [-0.3, -0.25) is 4.52 Å². The van der Waals surface area contributed by atoms with E-state index in [-0.39, 0.29) is 18.4 Å². The molecule has 0 saturated heterocycles. The van der Waals surface area contributed by atoms with Gasteiger partial charge < -0.3 is 25.4 Å². The zero-order valence-electron chi connectivity index (χ0n) is 16.8. The molecule has 7 nitrogen and oxygen atoms in total. The molecule has 1 rings (SSSR count). The Morgan fingerprint density at radius 2 is 1.61 bits per heavy atom. The number of nitrogens with two attached hydrogens (primary N) is 1. The van der Waals surface area contributed by atoms with Gasteiger partial charge in [0, 0.05) is 6.42 Å². The Kier molecular flexibility index (Phi) is 9.69. The van der Waals surface area contributed by atoms with Crippen molar-refractivity contribution in [2.45, 2.75) is 49.5 Å². The van der Waals surface area contributed by atoms with Crippen LogP contribution in [0.2, 0.25) is 0 Å². The Bertz CT molecular complexity index is 829. The van der Waals surface area contributed by atoms with Crippen LogP contribution in [-0.2, 0) is 21.7 Å². The molecule has 1 atom stereocenters. The van der Waals surface area contributed by atoms with Crippen molar-refractivity contribution in [3.05, 3.63) is 29.3 Å². The summed E-state index contributed by atoms with van der Waals surface area (Å²) in [7, 11) is -4.91. The number of hydrogen-bond acceptors (Lipinski definition) is 5. The molecule has 0 aliphatic carbocycles. The van der Waals surface area contributed by atoms with Gasteiger partial charge in [0.2, 0.25) is 0 Å². The maximum atomic E-state index is 13.4. The SMILES string of the molecule is NC(CO)(CCc1ccc(OCCCC(F)(F)C(F)(F)F)c(C(F)(F)F)c1)COP(=O)(O)O. The maximum absolute atomic E-state index is 13.4. The number of halogens is 8. The number of aliphatic hydroxyl groups excluding tert-OH is 1. The van der Waals surface area contributed by atoms with Gasteiger partial charge >= 0.3 is 26.1 Å². The number of aliphatic hydroxyl groups is 1. The Balaban J connectivity index is 2.86. The number of ether oxygens (including phenoxy) is 1. The summed E-state index contributed by atoms with van der Waals surface area (Å²) in [5.41, 5.74) is 2.77. The summed E-state index contributed by atoms with van der Waals surface area (Å²) in [5, 5.41) is 9.33. The first-order valence-electron chi connectivity index (χ1n) is 9.17. The summed E-state index contributed by atoms with van der Waals surface area (Å²) in [4.78, 5) is 17.4. The largest absolute Gasteiger partial charge is 0.493 e. The van der Waals surface area contributed by atoms with Crippen LogP contribution in [0.5, 0.6) is 5.75 Å². The molecule has 0 aliphatic rings. The van der Waals surface area contributed by atoms with Gasteiger partial charge in [0.05, 0.1) is 30.9 Å². The first-order valence-corrected chi connectivity index (χ1v) is 10.7. The summed E-state index contributed by atoms with van der Waals surface area (Å²) in [6.07, 6.45) is -13.7. The van der Waals surface area contributed by atoms with Crippen molar-refractivity contribution in [2.75, 3.05) is 19.8 Å². The lowest BCUT2D eigenvalue weighted by Gasteiger charge is -2.27. The van der Waals surface area contributed by atoms with E-state index in [4.69, 9.17) is 20.3 Å². The second kappa shape index (κ2) is 10.8. The Morgan fingerprint density at radius 3 is 2.09 bits per heavy atom. The summed E-state index contributed by atoms with van der Waals surface area (Å²) >= 11 is 0. The van der Waals surface area contributed by atoms with Crippen molar-refractivity contribution in [1.82, 2.24) is 0 Å². The number of aryl methyl sites for hydroxylation is 1. The number of rotatable bonds is 12. The lowest BCUT2D eigenvalue weighted by molar-refractivity contribution is -0.284. The molecule has 0 fully saturated rings. The molecule has 1 aromatic carbocycles. The van der Waals surface area contributed by atoms with Gasteiger partial charge in [0.25, 0.3) is 0 Å². The van der Waals surface area contributed by atoms with Gasteiger partial charge in [0.15, 0.2) is 0 Å². The molecule has 192 valence electrons. The van der Waals surface area contributed by atoms with Gasteiger partial charge in [-0.15, -0.1) is 0 Å². The second-order valence-electron chi connectivity index (χ2n) is 7.27. The molecule has 0 saturated carbocycles. The van der Waals surface area contributed by atoms with E-state index in [0.717, 1.165) is 12.1 Å². The normalized spacial score (nSPS) is 15.4. The highest BCUT2D eigenvalue weighted by molar-refractivity contribution is 7.46. The van der Waals surface area contributed by atoms with Gasteiger partial charge in [-0.2, -0.15) is 35.1 Å². The van der Waals surface area contributed by atoms with Crippen molar-refractivity contribution in [2.24, 2.45) is 5.73 Å². The third-order valence-electron chi connectivity index (χ3n) is 4.40. The monoisotopic (exact) mass is 519 g/mol. The van der Waals surface area contributed by atoms with Crippen molar-refractivity contribution >= 4 is 7.82 Å². The lowest BCUT2D eigenvalue weighted by atomic mass is 9.93. The maximum Gasteiger partial charge on any atom is 0.469 e. The molecule has 0 bridgehead atoms. The number of phosphoric acid groups is 1. The molecule has 5 N–H and O–H groups in total. The zero-order chi connectivity index (χ0) is 25.7. The van der Waals surface area contributed by atoms with Crippen LogP contribution in [0.15, 0.2) is 18.2 Å².